The fourth-order valence-corrected chi connectivity index (χ4v) is 3.17. The van der Waals surface area contributed by atoms with Gasteiger partial charge < -0.3 is 9.84 Å². The van der Waals surface area contributed by atoms with Crippen LogP contribution in [0.1, 0.15) is 96.0 Å². The average Bonchev–Trinajstić information content (AvgIpc) is 2.72. The SMILES string of the molecule is CCCCCCC(O)C/C=C/CCCCCCCC(=O)OCc1ccccc1. The minimum Gasteiger partial charge on any atom is -0.461 e. The van der Waals surface area contributed by atoms with Crippen LogP contribution in [-0.4, -0.2) is 17.2 Å². The predicted molar refractivity (Wildman–Crippen MR) is 117 cm³/mol. The molecule has 0 heterocycles. The summed E-state index contributed by atoms with van der Waals surface area (Å²) >= 11 is 0. The molecule has 0 radical (unpaired) electrons. The summed E-state index contributed by atoms with van der Waals surface area (Å²) in [5.74, 6) is -0.0972. The van der Waals surface area contributed by atoms with E-state index in [9.17, 15) is 9.90 Å². The lowest BCUT2D eigenvalue weighted by Crippen LogP contribution is -2.04. The second-order valence-corrected chi connectivity index (χ2v) is 7.66. The van der Waals surface area contributed by atoms with Crippen LogP contribution in [0, 0.1) is 0 Å². The van der Waals surface area contributed by atoms with Gasteiger partial charge in [-0.15, -0.1) is 0 Å². The minimum atomic E-state index is -0.172. The van der Waals surface area contributed by atoms with Crippen molar-refractivity contribution in [2.75, 3.05) is 0 Å². The zero-order valence-electron chi connectivity index (χ0n) is 17.8. The Balaban J connectivity index is 1.87. The van der Waals surface area contributed by atoms with Crippen LogP contribution in [0.2, 0.25) is 0 Å². The lowest BCUT2D eigenvalue weighted by atomic mass is 10.1. The van der Waals surface area contributed by atoms with Gasteiger partial charge in [-0.05, 0) is 37.7 Å². The number of allylic oxidation sites excluding steroid dienone is 1. The molecule has 0 amide bonds. The van der Waals surface area contributed by atoms with Crippen molar-refractivity contribution in [2.45, 2.75) is 103 Å². The normalized spacial score (nSPS) is 12.4. The Kier molecular flexibility index (Phi) is 15.3. The van der Waals surface area contributed by atoms with Gasteiger partial charge >= 0.3 is 5.97 Å². The van der Waals surface area contributed by atoms with Gasteiger partial charge in [0.05, 0.1) is 6.10 Å². The Labute approximate surface area is 172 Å². The standard InChI is InChI=1S/C25H40O3/c1-2-3-4-14-19-24(26)20-15-9-7-5-6-8-10-16-21-25(27)28-22-23-17-12-11-13-18-23/h9,11-13,15,17-18,24,26H,2-8,10,14,16,19-22H2,1H3/b15-9+. The van der Waals surface area contributed by atoms with Gasteiger partial charge in [0, 0.05) is 6.42 Å². The molecule has 28 heavy (non-hydrogen) atoms. The van der Waals surface area contributed by atoms with E-state index >= 15 is 0 Å². The van der Waals surface area contributed by atoms with Crippen molar-refractivity contribution < 1.29 is 14.6 Å². The number of ether oxygens (including phenoxy) is 1. The van der Waals surface area contributed by atoms with Crippen LogP contribution in [0.15, 0.2) is 42.5 Å². The largest absolute Gasteiger partial charge is 0.461 e. The van der Waals surface area contributed by atoms with E-state index < -0.39 is 0 Å². The molecule has 0 aromatic heterocycles. The number of carbonyl (C=O) groups excluding carboxylic acids is 1. The number of hydrogen-bond donors (Lipinski definition) is 1. The van der Waals surface area contributed by atoms with Crippen LogP contribution >= 0.6 is 0 Å². The Hall–Kier alpha value is -1.61. The van der Waals surface area contributed by atoms with Crippen molar-refractivity contribution in [1.82, 2.24) is 0 Å². The molecule has 1 rings (SSSR count). The van der Waals surface area contributed by atoms with Gasteiger partial charge in [0.1, 0.15) is 6.61 Å². The molecule has 3 nitrogen and oxygen atoms in total. The molecule has 0 aliphatic rings. The number of esters is 1. The van der Waals surface area contributed by atoms with E-state index in [2.05, 4.69) is 19.1 Å². The zero-order valence-corrected chi connectivity index (χ0v) is 17.8. The molecule has 158 valence electrons. The summed E-state index contributed by atoms with van der Waals surface area (Å²) in [6, 6.07) is 9.80. The topological polar surface area (TPSA) is 46.5 Å². The van der Waals surface area contributed by atoms with E-state index in [0.29, 0.717) is 13.0 Å². The monoisotopic (exact) mass is 388 g/mol. The van der Waals surface area contributed by atoms with Gasteiger partial charge in [0.2, 0.25) is 0 Å². The van der Waals surface area contributed by atoms with E-state index in [1.807, 2.05) is 30.3 Å². The quantitative estimate of drug-likeness (QED) is 0.183. The molecule has 0 bridgehead atoms. The van der Waals surface area contributed by atoms with E-state index in [-0.39, 0.29) is 12.1 Å². The maximum Gasteiger partial charge on any atom is 0.306 e. The maximum atomic E-state index is 11.7. The molecular weight excluding hydrogens is 348 g/mol. The fraction of sp³-hybridized carbons (Fsp3) is 0.640. The number of unbranched alkanes of at least 4 members (excludes halogenated alkanes) is 8. The molecule has 1 aromatic carbocycles. The van der Waals surface area contributed by atoms with Gasteiger partial charge in [-0.25, -0.2) is 0 Å². The lowest BCUT2D eigenvalue weighted by Gasteiger charge is -2.07. The summed E-state index contributed by atoms with van der Waals surface area (Å²) in [5.41, 5.74) is 1.04. The molecule has 1 unspecified atom stereocenters. The lowest BCUT2D eigenvalue weighted by molar-refractivity contribution is -0.145. The Morgan fingerprint density at radius 3 is 2.46 bits per heavy atom. The van der Waals surface area contributed by atoms with Crippen LogP contribution in [0.3, 0.4) is 0 Å². The molecule has 0 fully saturated rings. The summed E-state index contributed by atoms with van der Waals surface area (Å²) in [4.78, 5) is 11.7. The predicted octanol–water partition coefficient (Wildman–Crippen LogP) is 6.74. The van der Waals surface area contributed by atoms with Crippen molar-refractivity contribution in [2.24, 2.45) is 0 Å². The zero-order chi connectivity index (χ0) is 20.3. The minimum absolute atomic E-state index is 0.0972. The Morgan fingerprint density at radius 1 is 0.964 bits per heavy atom. The molecule has 0 saturated heterocycles. The van der Waals surface area contributed by atoms with E-state index in [0.717, 1.165) is 44.1 Å². The molecule has 1 atom stereocenters. The van der Waals surface area contributed by atoms with Crippen LogP contribution < -0.4 is 0 Å². The first kappa shape index (κ1) is 24.4. The second kappa shape index (κ2) is 17.5. The van der Waals surface area contributed by atoms with Gasteiger partial charge in [-0.1, -0.05) is 94.4 Å². The maximum absolute atomic E-state index is 11.7. The fourth-order valence-electron chi connectivity index (χ4n) is 3.17. The average molecular weight is 389 g/mol. The van der Waals surface area contributed by atoms with E-state index in [4.69, 9.17) is 4.74 Å². The third-order valence-corrected chi connectivity index (χ3v) is 4.96. The first-order valence-electron chi connectivity index (χ1n) is 11.2. The highest BCUT2D eigenvalue weighted by Gasteiger charge is 2.03. The summed E-state index contributed by atoms with van der Waals surface area (Å²) in [6.45, 7) is 2.58. The van der Waals surface area contributed by atoms with E-state index in [1.165, 1.54) is 38.5 Å². The van der Waals surface area contributed by atoms with E-state index in [1.54, 1.807) is 0 Å². The van der Waals surface area contributed by atoms with Crippen LogP contribution in [0.25, 0.3) is 0 Å². The highest BCUT2D eigenvalue weighted by atomic mass is 16.5. The summed E-state index contributed by atoms with van der Waals surface area (Å²) in [7, 11) is 0. The third-order valence-electron chi connectivity index (χ3n) is 4.96. The third kappa shape index (κ3) is 14.4. The summed E-state index contributed by atoms with van der Waals surface area (Å²) in [6.07, 6.45) is 17.9. The number of aliphatic hydroxyl groups excluding tert-OH is 1. The van der Waals surface area contributed by atoms with Crippen LogP contribution in [0.5, 0.6) is 0 Å². The second-order valence-electron chi connectivity index (χ2n) is 7.66. The number of carbonyl (C=O) groups is 1. The number of benzene rings is 1. The van der Waals surface area contributed by atoms with Gasteiger partial charge in [0.15, 0.2) is 0 Å². The van der Waals surface area contributed by atoms with Crippen molar-refractivity contribution >= 4 is 5.97 Å². The molecule has 1 aromatic rings. The molecule has 0 aliphatic carbocycles. The Bertz CT molecular complexity index is 510. The summed E-state index contributed by atoms with van der Waals surface area (Å²) < 4.78 is 5.29. The summed E-state index contributed by atoms with van der Waals surface area (Å²) in [5, 5.41) is 9.91. The first-order valence-corrected chi connectivity index (χ1v) is 11.2. The van der Waals surface area contributed by atoms with Crippen molar-refractivity contribution in [3.05, 3.63) is 48.0 Å². The van der Waals surface area contributed by atoms with Crippen molar-refractivity contribution in [1.29, 1.82) is 0 Å². The highest BCUT2D eigenvalue weighted by Crippen LogP contribution is 2.11. The first-order chi connectivity index (χ1) is 13.7. The Morgan fingerprint density at radius 2 is 1.68 bits per heavy atom. The molecule has 0 spiro atoms. The molecule has 0 aliphatic heterocycles. The van der Waals surface area contributed by atoms with Crippen molar-refractivity contribution in [3.8, 4) is 0 Å². The molecule has 0 saturated carbocycles. The van der Waals surface area contributed by atoms with Crippen LogP contribution in [-0.2, 0) is 16.1 Å². The van der Waals surface area contributed by atoms with Crippen molar-refractivity contribution in [3.63, 3.8) is 0 Å². The van der Waals surface area contributed by atoms with Gasteiger partial charge in [-0.3, -0.25) is 4.79 Å². The van der Waals surface area contributed by atoms with Gasteiger partial charge in [-0.2, -0.15) is 0 Å². The smallest absolute Gasteiger partial charge is 0.306 e. The number of aliphatic hydroxyl groups is 1. The van der Waals surface area contributed by atoms with Gasteiger partial charge in [0.25, 0.3) is 0 Å². The molecule has 3 heteroatoms. The molecular formula is C25H40O3. The number of hydrogen-bond acceptors (Lipinski definition) is 3. The highest BCUT2D eigenvalue weighted by molar-refractivity contribution is 5.69. The number of rotatable bonds is 17. The molecule has 1 N–H and O–H groups in total. The van der Waals surface area contributed by atoms with Crippen LogP contribution in [0.4, 0.5) is 0 Å².